The highest BCUT2D eigenvalue weighted by molar-refractivity contribution is 5.84. The Hall–Kier alpha value is -2.20. The van der Waals surface area contributed by atoms with E-state index in [4.69, 9.17) is 5.73 Å². The Morgan fingerprint density at radius 2 is 1.96 bits per heavy atom. The van der Waals surface area contributed by atoms with Crippen LogP contribution in [0.2, 0.25) is 0 Å². The van der Waals surface area contributed by atoms with Crippen molar-refractivity contribution in [3.05, 3.63) is 71.0 Å². The molecule has 3 atom stereocenters. The van der Waals surface area contributed by atoms with Gasteiger partial charge in [0, 0.05) is 0 Å². The maximum Gasteiger partial charge on any atom is 0.227 e. The third kappa shape index (κ3) is 3.13. The lowest BCUT2D eigenvalue weighted by Gasteiger charge is -2.22. The van der Waals surface area contributed by atoms with Crippen LogP contribution in [0, 0.1) is 5.82 Å². The molecule has 0 heterocycles. The molecule has 1 aliphatic carbocycles. The second kappa shape index (κ2) is 6.50. The monoisotopic (exact) mass is 312 g/mol. The quantitative estimate of drug-likeness (QED) is 0.911. The first kappa shape index (κ1) is 15.7. The summed E-state index contributed by atoms with van der Waals surface area (Å²) >= 11 is 0. The Labute approximate surface area is 135 Å². The summed E-state index contributed by atoms with van der Waals surface area (Å²) in [5, 5.41) is 3.08. The van der Waals surface area contributed by atoms with Gasteiger partial charge in [-0.2, -0.15) is 0 Å². The number of amides is 1. The van der Waals surface area contributed by atoms with Gasteiger partial charge in [-0.1, -0.05) is 43.3 Å². The van der Waals surface area contributed by atoms with Crippen LogP contribution in [0.4, 0.5) is 4.39 Å². The minimum atomic E-state index is -0.294. The zero-order valence-electron chi connectivity index (χ0n) is 13.1. The van der Waals surface area contributed by atoms with Crippen LogP contribution >= 0.6 is 0 Å². The van der Waals surface area contributed by atoms with Gasteiger partial charge < -0.3 is 11.1 Å². The molecule has 0 fully saturated rings. The molecule has 0 saturated carbocycles. The topological polar surface area (TPSA) is 55.1 Å². The van der Waals surface area contributed by atoms with Gasteiger partial charge in [-0.25, -0.2) is 4.39 Å². The fourth-order valence-electron chi connectivity index (χ4n) is 3.32. The highest BCUT2D eigenvalue weighted by Crippen LogP contribution is 2.30. The summed E-state index contributed by atoms with van der Waals surface area (Å²) < 4.78 is 13.1. The SMILES string of the molecule is CCC(C(=O)N[C@H]1Cc2ccccc2[C@@H]1N)c1ccc(F)cc1. The van der Waals surface area contributed by atoms with Crippen molar-refractivity contribution in [2.75, 3.05) is 0 Å². The van der Waals surface area contributed by atoms with Crippen LogP contribution in [0.15, 0.2) is 48.5 Å². The Morgan fingerprint density at radius 3 is 2.61 bits per heavy atom. The van der Waals surface area contributed by atoms with Crippen molar-refractivity contribution in [1.82, 2.24) is 5.32 Å². The molecular weight excluding hydrogens is 291 g/mol. The number of hydrogen-bond acceptors (Lipinski definition) is 2. The Kier molecular flexibility index (Phi) is 4.44. The molecule has 0 aromatic heterocycles. The maximum atomic E-state index is 13.1. The van der Waals surface area contributed by atoms with Crippen LogP contribution in [0.3, 0.4) is 0 Å². The highest BCUT2D eigenvalue weighted by Gasteiger charge is 2.32. The minimum absolute atomic E-state index is 0.0487. The maximum absolute atomic E-state index is 13.1. The molecule has 4 heteroatoms. The molecule has 1 unspecified atom stereocenters. The molecule has 0 bridgehead atoms. The van der Waals surface area contributed by atoms with Crippen molar-refractivity contribution in [2.45, 2.75) is 37.8 Å². The van der Waals surface area contributed by atoms with E-state index >= 15 is 0 Å². The normalized spacial score (nSPS) is 20.8. The highest BCUT2D eigenvalue weighted by atomic mass is 19.1. The van der Waals surface area contributed by atoms with Crippen LogP contribution in [0.1, 0.15) is 42.0 Å². The van der Waals surface area contributed by atoms with Crippen LogP contribution in [0.5, 0.6) is 0 Å². The third-order valence-corrected chi connectivity index (χ3v) is 4.61. The second-order valence-electron chi connectivity index (χ2n) is 6.06. The number of fused-ring (bicyclic) bond motifs is 1. The molecule has 2 aromatic rings. The van der Waals surface area contributed by atoms with Gasteiger partial charge in [0.1, 0.15) is 5.82 Å². The summed E-state index contributed by atoms with van der Waals surface area (Å²) in [6.07, 6.45) is 1.41. The molecule has 0 radical (unpaired) electrons. The van der Waals surface area contributed by atoms with Crippen LogP contribution < -0.4 is 11.1 Å². The summed E-state index contributed by atoms with van der Waals surface area (Å²) in [6, 6.07) is 13.9. The van der Waals surface area contributed by atoms with E-state index in [9.17, 15) is 9.18 Å². The van der Waals surface area contributed by atoms with E-state index in [-0.39, 0.29) is 29.7 Å². The van der Waals surface area contributed by atoms with E-state index < -0.39 is 0 Å². The summed E-state index contributed by atoms with van der Waals surface area (Å²) in [4.78, 5) is 12.7. The molecule has 23 heavy (non-hydrogen) atoms. The van der Waals surface area contributed by atoms with Crippen molar-refractivity contribution < 1.29 is 9.18 Å². The van der Waals surface area contributed by atoms with Gasteiger partial charge in [0.2, 0.25) is 5.91 Å². The number of rotatable bonds is 4. The van der Waals surface area contributed by atoms with Crippen LogP contribution in [0.25, 0.3) is 0 Å². The summed E-state index contributed by atoms with van der Waals surface area (Å²) in [5.41, 5.74) is 9.40. The van der Waals surface area contributed by atoms with E-state index in [0.717, 1.165) is 17.5 Å². The van der Waals surface area contributed by atoms with E-state index in [2.05, 4.69) is 11.4 Å². The van der Waals surface area contributed by atoms with Gasteiger partial charge in [-0.05, 0) is 41.7 Å². The largest absolute Gasteiger partial charge is 0.351 e. The lowest BCUT2D eigenvalue weighted by molar-refractivity contribution is -0.123. The number of carbonyl (C=O) groups is 1. The molecule has 120 valence electrons. The van der Waals surface area contributed by atoms with Crippen molar-refractivity contribution in [3.63, 3.8) is 0 Å². The van der Waals surface area contributed by atoms with Crippen LogP contribution in [-0.4, -0.2) is 11.9 Å². The van der Waals surface area contributed by atoms with Gasteiger partial charge in [-0.3, -0.25) is 4.79 Å². The lowest BCUT2D eigenvalue weighted by atomic mass is 9.95. The van der Waals surface area contributed by atoms with Gasteiger partial charge in [0.15, 0.2) is 0 Å². The predicted octanol–water partition coefficient (Wildman–Crippen LogP) is 3.06. The van der Waals surface area contributed by atoms with Gasteiger partial charge >= 0.3 is 0 Å². The zero-order valence-corrected chi connectivity index (χ0v) is 13.1. The molecule has 2 aromatic carbocycles. The Balaban J connectivity index is 1.72. The number of carbonyl (C=O) groups excluding carboxylic acids is 1. The number of halogens is 1. The standard InChI is InChI=1S/C19H21FN2O/c1-2-15(12-7-9-14(20)10-8-12)19(23)22-17-11-13-5-3-4-6-16(13)18(17)21/h3-10,15,17-18H,2,11,21H2,1H3,(H,22,23)/t15?,17-,18-/m0/s1. The summed E-state index contributed by atoms with van der Waals surface area (Å²) in [5.74, 6) is -0.629. The summed E-state index contributed by atoms with van der Waals surface area (Å²) in [7, 11) is 0. The molecule has 1 aliphatic rings. The number of hydrogen-bond donors (Lipinski definition) is 2. The second-order valence-corrected chi connectivity index (χ2v) is 6.06. The van der Waals surface area contributed by atoms with Crippen LogP contribution in [-0.2, 0) is 11.2 Å². The minimum Gasteiger partial charge on any atom is -0.351 e. The Morgan fingerprint density at radius 1 is 1.26 bits per heavy atom. The first-order chi connectivity index (χ1) is 11.1. The average Bonchev–Trinajstić information content (AvgIpc) is 2.86. The first-order valence-corrected chi connectivity index (χ1v) is 7.99. The molecular formula is C19H21FN2O. The predicted molar refractivity (Wildman–Crippen MR) is 88.4 cm³/mol. The number of nitrogens with two attached hydrogens (primary N) is 1. The third-order valence-electron chi connectivity index (χ3n) is 4.61. The lowest BCUT2D eigenvalue weighted by Crippen LogP contribution is -2.42. The molecule has 0 saturated heterocycles. The van der Waals surface area contributed by atoms with Crippen molar-refractivity contribution >= 4 is 5.91 Å². The van der Waals surface area contributed by atoms with Crippen molar-refractivity contribution in [3.8, 4) is 0 Å². The fourth-order valence-corrected chi connectivity index (χ4v) is 3.32. The smallest absolute Gasteiger partial charge is 0.227 e. The number of benzene rings is 2. The molecule has 0 spiro atoms. The fraction of sp³-hybridized carbons (Fsp3) is 0.316. The molecule has 3 rings (SSSR count). The van der Waals surface area contributed by atoms with Crippen molar-refractivity contribution in [1.29, 1.82) is 0 Å². The summed E-state index contributed by atoms with van der Waals surface area (Å²) in [6.45, 7) is 1.96. The Bertz CT molecular complexity index is 699. The molecule has 0 aliphatic heterocycles. The van der Waals surface area contributed by atoms with Gasteiger partial charge in [0.05, 0.1) is 18.0 Å². The van der Waals surface area contributed by atoms with E-state index in [1.165, 1.54) is 17.7 Å². The molecule has 3 nitrogen and oxygen atoms in total. The van der Waals surface area contributed by atoms with E-state index in [1.54, 1.807) is 12.1 Å². The van der Waals surface area contributed by atoms with Gasteiger partial charge in [-0.15, -0.1) is 0 Å². The van der Waals surface area contributed by atoms with Crippen molar-refractivity contribution in [2.24, 2.45) is 5.73 Å². The first-order valence-electron chi connectivity index (χ1n) is 7.99. The van der Waals surface area contributed by atoms with Gasteiger partial charge in [0.25, 0.3) is 0 Å². The molecule has 1 amide bonds. The van der Waals surface area contributed by atoms with E-state index in [1.807, 2.05) is 25.1 Å². The number of nitrogens with one attached hydrogen (secondary N) is 1. The molecule has 3 N–H and O–H groups in total. The zero-order chi connectivity index (χ0) is 16.4. The average molecular weight is 312 g/mol. The van der Waals surface area contributed by atoms with E-state index in [0.29, 0.717) is 6.42 Å².